The van der Waals surface area contributed by atoms with Crippen LogP contribution >= 0.6 is 11.8 Å². The third-order valence-electron chi connectivity index (χ3n) is 14.0. The van der Waals surface area contributed by atoms with E-state index in [2.05, 4.69) is 172 Å². The van der Waals surface area contributed by atoms with Crippen LogP contribution in [0.4, 0.5) is 0 Å². The molecule has 0 radical (unpaired) electrons. The number of hydrogen-bond acceptors (Lipinski definition) is 3. The van der Waals surface area contributed by atoms with Crippen molar-refractivity contribution in [3.05, 3.63) is 197 Å². The highest BCUT2D eigenvalue weighted by molar-refractivity contribution is 8.00. The Morgan fingerprint density at radius 1 is 0.483 bits per heavy atom. The molecule has 7 aromatic rings. The van der Waals surface area contributed by atoms with Gasteiger partial charge in [0.2, 0.25) is 0 Å². The number of thioether (sulfide) groups is 1. The van der Waals surface area contributed by atoms with Crippen molar-refractivity contribution in [1.29, 1.82) is 0 Å². The predicted molar refractivity (Wildman–Crippen MR) is 243 cm³/mol. The summed E-state index contributed by atoms with van der Waals surface area (Å²) in [6, 6.07) is 59.1. The zero-order chi connectivity index (χ0) is 38.6. The lowest BCUT2D eigenvalue weighted by atomic mass is 9.67. The van der Waals surface area contributed by atoms with Gasteiger partial charge < -0.3 is 0 Å². The minimum Gasteiger partial charge on any atom is -0.250 e. The second-order valence-electron chi connectivity index (χ2n) is 17.5. The second-order valence-corrected chi connectivity index (χ2v) is 18.7. The van der Waals surface area contributed by atoms with Crippen LogP contribution in [0.2, 0.25) is 0 Å². The molecule has 2 unspecified atom stereocenters. The minimum atomic E-state index is -0.0236. The van der Waals surface area contributed by atoms with Gasteiger partial charge in [0.05, 0.1) is 11.6 Å². The second kappa shape index (κ2) is 12.9. The Morgan fingerprint density at radius 2 is 1.10 bits per heavy atom. The van der Waals surface area contributed by atoms with Gasteiger partial charge in [0, 0.05) is 21.3 Å². The topological polar surface area (TPSA) is 24.7 Å². The lowest BCUT2D eigenvalue weighted by molar-refractivity contribution is 0.353. The molecule has 2 aliphatic heterocycles. The molecule has 2 heterocycles. The first-order valence-corrected chi connectivity index (χ1v) is 22.0. The molecule has 12 rings (SSSR count). The first-order valence-electron chi connectivity index (χ1n) is 21.1. The van der Waals surface area contributed by atoms with Crippen LogP contribution in [0.3, 0.4) is 0 Å². The maximum absolute atomic E-state index is 5.35. The summed E-state index contributed by atoms with van der Waals surface area (Å²) >= 11 is 1.86. The van der Waals surface area contributed by atoms with E-state index in [0.717, 1.165) is 22.7 Å². The fourth-order valence-electron chi connectivity index (χ4n) is 11.2. The van der Waals surface area contributed by atoms with E-state index in [1.54, 1.807) is 11.1 Å². The van der Waals surface area contributed by atoms with Crippen molar-refractivity contribution in [2.24, 2.45) is 9.98 Å². The average molecular weight is 765 g/mol. The summed E-state index contributed by atoms with van der Waals surface area (Å²) in [5, 5.41) is 0.0622. The maximum Gasteiger partial charge on any atom is 0.156 e. The van der Waals surface area contributed by atoms with E-state index >= 15 is 0 Å². The van der Waals surface area contributed by atoms with Crippen molar-refractivity contribution < 1.29 is 0 Å². The Balaban J connectivity index is 0.926. The molecule has 3 heteroatoms. The van der Waals surface area contributed by atoms with Crippen molar-refractivity contribution in [1.82, 2.24) is 0 Å². The van der Waals surface area contributed by atoms with Crippen LogP contribution in [0, 0.1) is 0 Å². The summed E-state index contributed by atoms with van der Waals surface area (Å²) in [5.74, 6) is 0.952. The Morgan fingerprint density at radius 3 is 1.91 bits per heavy atom. The zero-order valence-electron chi connectivity index (χ0n) is 33.0. The number of benzene rings is 7. The molecule has 0 amide bonds. The van der Waals surface area contributed by atoms with Crippen molar-refractivity contribution in [2.75, 3.05) is 0 Å². The summed E-state index contributed by atoms with van der Waals surface area (Å²) < 4.78 is 0. The van der Waals surface area contributed by atoms with E-state index < -0.39 is 0 Å². The largest absolute Gasteiger partial charge is 0.250 e. The van der Waals surface area contributed by atoms with Crippen LogP contribution in [0.25, 0.3) is 44.5 Å². The van der Waals surface area contributed by atoms with Crippen molar-refractivity contribution >= 4 is 23.3 Å². The zero-order valence-corrected chi connectivity index (χ0v) is 33.8. The molecule has 0 saturated heterocycles. The number of amidine groups is 1. The third-order valence-corrected chi connectivity index (χ3v) is 15.3. The molecule has 1 saturated carbocycles. The van der Waals surface area contributed by atoms with Gasteiger partial charge >= 0.3 is 0 Å². The number of aliphatic imine (C=N–C) groups is 2. The summed E-state index contributed by atoms with van der Waals surface area (Å²) in [7, 11) is 0. The Labute approximate surface area is 345 Å². The number of nitrogens with zero attached hydrogens (tertiary/aromatic N) is 2. The normalized spacial score (nSPS) is 20.0. The molecule has 7 aromatic carbocycles. The fraction of sp³-hybridized carbons (Fsp3) is 0.200. The Hall–Kier alpha value is -5.77. The SMILES string of the molecule is CC1(C)c2ccccc2-c2cc3c(cc21)-c1cc(-c2cccc(-c4cccc(C5=NC6Sc7ccccc7C6C(c6ccccc6)=N5)c4)c2)ccc1C31CCCCC1. The van der Waals surface area contributed by atoms with Gasteiger partial charge in [-0.15, -0.1) is 0 Å². The van der Waals surface area contributed by atoms with E-state index in [4.69, 9.17) is 9.98 Å². The summed E-state index contributed by atoms with van der Waals surface area (Å²) in [6.45, 7) is 4.82. The molecule has 3 aliphatic carbocycles. The molecule has 5 aliphatic rings. The Kier molecular flexibility index (Phi) is 7.61. The lowest BCUT2D eigenvalue weighted by Gasteiger charge is -2.36. The molecule has 2 atom stereocenters. The van der Waals surface area contributed by atoms with Crippen molar-refractivity contribution in [3.63, 3.8) is 0 Å². The molecular formula is C55H44N2S. The van der Waals surface area contributed by atoms with Crippen LogP contribution in [0.15, 0.2) is 173 Å². The summed E-state index contributed by atoms with van der Waals surface area (Å²) in [4.78, 5) is 12.0. The van der Waals surface area contributed by atoms with Gasteiger partial charge in [0.15, 0.2) is 5.84 Å². The standard InChI is InChI=1S/C55H44N2S/c1-54(2)45-23-9-7-21-40(45)43-33-48-44(32-47(43)54)42-31-38(25-26-46(42)55(48)27-11-4-12-28-55)36-18-13-17-35(29-36)37-19-14-20-39(30-37)52-56-51(34-15-5-3-6-16-34)50-41-22-8-10-24-49(41)58-53(50)57-52/h3,5-10,13-26,29-33,50,53H,4,11-12,27-28H2,1-2H3. The lowest BCUT2D eigenvalue weighted by Crippen LogP contribution is -2.28. The van der Waals surface area contributed by atoms with E-state index in [0.29, 0.717) is 0 Å². The van der Waals surface area contributed by atoms with E-state index in [1.165, 1.54) is 98.2 Å². The highest BCUT2D eigenvalue weighted by atomic mass is 32.2. The van der Waals surface area contributed by atoms with Gasteiger partial charge in [-0.05, 0) is 127 Å². The molecule has 0 bridgehead atoms. The van der Waals surface area contributed by atoms with Crippen LogP contribution in [-0.2, 0) is 10.8 Å². The number of fused-ring (bicyclic) bond motifs is 11. The molecule has 58 heavy (non-hydrogen) atoms. The quantitative estimate of drug-likeness (QED) is 0.175. The van der Waals surface area contributed by atoms with Gasteiger partial charge in [-0.1, -0.05) is 166 Å². The first-order chi connectivity index (χ1) is 28.5. The molecule has 2 nitrogen and oxygen atoms in total. The molecular weight excluding hydrogens is 721 g/mol. The fourth-order valence-corrected chi connectivity index (χ4v) is 12.5. The third kappa shape index (κ3) is 5.05. The van der Waals surface area contributed by atoms with Crippen LogP contribution in [-0.4, -0.2) is 16.9 Å². The van der Waals surface area contributed by atoms with Gasteiger partial charge in [0.25, 0.3) is 0 Å². The van der Waals surface area contributed by atoms with E-state index in [1.807, 2.05) is 11.8 Å². The van der Waals surface area contributed by atoms with Crippen LogP contribution in [0.5, 0.6) is 0 Å². The molecule has 0 N–H and O–H groups in total. The van der Waals surface area contributed by atoms with E-state index in [-0.39, 0.29) is 22.1 Å². The molecule has 1 fully saturated rings. The summed E-state index contributed by atoms with van der Waals surface area (Å²) in [6.07, 6.45) is 6.38. The maximum atomic E-state index is 5.35. The molecule has 0 aromatic heterocycles. The smallest absolute Gasteiger partial charge is 0.156 e. The predicted octanol–water partition coefficient (Wildman–Crippen LogP) is 14.0. The molecule has 280 valence electrons. The van der Waals surface area contributed by atoms with Crippen molar-refractivity contribution in [3.8, 4) is 44.5 Å². The highest BCUT2D eigenvalue weighted by Gasteiger charge is 2.46. The van der Waals surface area contributed by atoms with Gasteiger partial charge in [-0.25, -0.2) is 4.99 Å². The first kappa shape index (κ1) is 34.3. The van der Waals surface area contributed by atoms with Gasteiger partial charge in [-0.2, -0.15) is 0 Å². The number of hydrogen-bond donors (Lipinski definition) is 0. The number of rotatable bonds is 4. The van der Waals surface area contributed by atoms with Crippen LogP contribution in [0.1, 0.15) is 90.8 Å². The van der Waals surface area contributed by atoms with Gasteiger partial charge in [-0.3, -0.25) is 4.99 Å². The Bertz CT molecular complexity index is 2890. The molecule has 1 spiro atoms. The highest BCUT2D eigenvalue weighted by Crippen LogP contribution is 2.60. The van der Waals surface area contributed by atoms with Gasteiger partial charge in [0.1, 0.15) is 5.37 Å². The van der Waals surface area contributed by atoms with Crippen molar-refractivity contribution in [2.45, 2.75) is 73.0 Å². The van der Waals surface area contributed by atoms with Crippen LogP contribution < -0.4 is 0 Å². The average Bonchev–Trinajstić information content (AvgIpc) is 3.86. The summed E-state index contributed by atoms with van der Waals surface area (Å²) in [5.41, 5.74) is 21.4. The minimum absolute atomic E-state index is 0.0236. The van der Waals surface area contributed by atoms with E-state index in [9.17, 15) is 0 Å². The monoisotopic (exact) mass is 764 g/mol.